The Bertz CT molecular complexity index is 1840. The smallest absolute Gasteiger partial charge is 0.416 e. The van der Waals surface area contributed by atoms with Crippen LogP contribution in [0.4, 0.5) is 17.6 Å². The van der Waals surface area contributed by atoms with Gasteiger partial charge >= 0.3 is 11.9 Å². The molecular formula is C27H25F4N3O6S. The van der Waals surface area contributed by atoms with Crippen LogP contribution in [0.3, 0.4) is 0 Å². The lowest BCUT2D eigenvalue weighted by molar-refractivity contribution is -0.137. The Kier molecular flexibility index (Phi) is 8.09. The van der Waals surface area contributed by atoms with E-state index in [0.29, 0.717) is 0 Å². The van der Waals surface area contributed by atoms with Gasteiger partial charge in [-0.3, -0.25) is 18.7 Å². The Balaban J connectivity index is 1.56. The summed E-state index contributed by atoms with van der Waals surface area (Å²) in [6.07, 6.45) is -3.89. The minimum Gasteiger partial charge on any atom is -0.443 e. The average molecular weight is 596 g/mol. The fourth-order valence-corrected chi connectivity index (χ4v) is 5.39. The normalized spacial score (nSPS) is 13.2. The Morgan fingerprint density at radius 3 is 2.29 bits per heavy atom. The number of aryl methyl sites for hydroxylation is 1. The summed E-state index contributed by atoms with van der Waals surface area (Å²) < 4.78 is 87.3. The Morgan fingerprint density at radius 1 is 1.02 bits per heavy atom. The van der Waals surface area contributed by atoms with E-state index in [2.05, 4.69) is 4.72 Å². The van der Waals surface area contributed by atoms with E-state index in [0.717, 1.165) is 51.6 Å². The van der Waals surface area contributed by atoms with Crippen LogP contribution < -0.4 is 16.0 Å². The maximum Gasteiger partial charge on any atom is 0.416 e. The molecule has 0 saturated carbocycles. The molecule has 0 aliphatic carbocycles. The fraction of sp³-hybridized carbons (Fsp3) is 0.296. The van der Waals surface area contributed by atoms with Crippen LogP contribution in [0, 0.1) is 5.82 Å². The van der Waals surface area contributed by atoms with Gasteiger partial charge in [0.1, 0.15) is 11.4 Å². The van der Waals surface area contributed by atoms with Crippen molar-refractivity contribution >= 4 is 26.8 Å². The summed E-state index contributed by atoms with van der Waals surface area (Å²) in [5.74, 6) is -1.17. The zero-order valence-corrected chi connectivity index (χ0v) is 22.8. The number of halogens is 4. The standard InChI is InChI=1S/C27H25F4N3O6S/c1-15(2)34-25(36)17(14-33(26(34)37)21-8-5-19(6-9-21)27(29,30)31)4-10-22(35)16(3)32-41(38,39)24-13-18-12-20(28)7-11-23(18)40-24/h5-9,11-16,32H,4,10H2,1-3H3/t16-/m0/s1. The molecule has 0 aliphatic heterocycles. The van der Waals surface area contributed by atoms with Crippen molar-refractivity contribution in [2.45, 2.75) is 57.0 Å². The molecule has 0 fully saturated rings. The number of ketones is 1. The highest BCUT2D eigenvalue weighted by atomic mass is 32.2. The maximum atomic E-state index is 13.4. The van der Waals surface area contributed by atoms with Gasteiger partial charge in [-0.15, -0.1) is 0 Å². The van der Waals surface area contributed by atoms with E-state index < -0.39 is 61.8 Å². The van der Waals surface area contributed by atoms with Gasteiger partial charge in [-0.2, -0.15) is 17.9 Å². The average Bonchev–Trinajstić information content (AvgIpc) is 3.31. The SMILES string of the molecule is CC(C)n1c(=O)c(CCC(=O)[C@H](C)NS(=O)(=O)c2cc3cc(F)ccc3o2)cn(-c2ccc(C(F)(F)F)cc2)c1=O. The van der Waals surface area contributed by atoms with E-state index in [1.54, 1.807) is 13.8 Å². The zero-order valence-electron chi connectivity index (χ0n) is 22.0. The van der Waals surface area contributed by atoms with Gasteiger partial charge in [-0.25, -0.2) is 17.6 Å². The lowest BCUT2D eigenvalue weighted by Gasteiger charge is -2.16. The van der Waals surface area contributed by atoms with Gasteiger partial charge in [0.25, 0.3) is 15.6 Å². The van der Waals surface area contributed by atoms with Gasteiger partial charge in [0, 0.05) is 35.7 Å². The Labute approximate surface area is 231 Å². The summed E-state index contributed by atoms with van der Waals surface area (Å²) in [5, 5.41) is -0.296. The summed E-state index contributed by atoms with van der Waals surface area (Å²) in [7, 11) is -4.30. The van der Waals surface area contributed by atoms with E-state index in [-0.39, 0.29) is 35.1 Å². The monoisotopic (exact) mass is 595 g/mol. The van der Waals surface area contributed by atoms with Crippen molar-refractivity contribution in [2.75, 3.05) is 0 Å². The molecule has 1 atom stereocenters. The molecular weight excluding hydrogens is 570 g/mol. The predicted molar refractivity (Wildman–Crippen MR) is 141 cm³/mol. The second-order valence-corrected chi connectivity index (χ2v) is 11.3. The molecule has 9 nitrogen and oxygen atoms in total. The maximum absolute atomic E-state index is 13.4. The van der Waals surface area contributed by atoms with Gasteiger partial charge in [0.15, 0.2) is 5.78 Å². The van der Waals surface area contributed by atoms with Crippen molar-refractivity contribution < 1.29 is 35.2 Å². The number of alkyl halides is 3. The number of nitrogens with one attached hydrogen (secondary N) is 1. The number of hydrogen-bond donors (Lipinski definition) is 1. The molecule has 4 aromatic rings. The van der Waals surface area contributed by atoms with Crippen LogP contribution in [0.1, 0.15) is 44.4 Å². The van der Waals surface area contributed by atoms with E-state index in [9.17, 15) is 40.4 Å². The quantitative estimate of drug-likeness (QED) is 0.287. The minimum atomic E-state index is -4.58. The summed E-state index contributed by atoms with van der Waals surface area (Å²) in [6.45, 7) is 4.47. The second-order valence-electron chi connectivity index (χ2n) is 9.68. The van der Waals surface area contributed by atoms with Gasteiger partial charge < -0.3 is 4.42 Å². The van der Waals surface area contributed by atoms with Crippen LogP contribution in [0.5, 0.6) is 0 Å². The predicted octanol–water partition coefficient (Wildman–Crippen LogP) is 4.35. The van der Waals surface area contributed by atoms with Gasteiger partial charge in [-0.05, 0) is 69.7 Å². The summed E-state index contributed by atoms with van der Waals surface area (Å²) in [4.78, 5) is 38.9. The lowest BCUT2D eigenvalue weighted by Crippen LogP contribution is -2.42. The van der Waals surface area contributed by atoms with Crippen molar-refractivity contribution in [3.05, 3.63) is 92.5 Å². The van der Waals surface area contributed by atoms with Crippen LogP contribution in [0.15, 0.2) is 73.8 Å². The lowest BCUT2D eigenvalue weighted by atomic mass is 10.1. The van der Waals surface area contributed by atoms with Crippen molar-refractivity contribution in [1.82, 2.24) is 13.9 Å². The highest BCUT2D eigenvalue weighted by Crippen LogP contribution is 2.29. The number of hydrogen-bond acceptors (Lipinski definition) is 6. The van der Waals surface area contributed by atoms with Crippen LogP contribution in [-0.2, 0) is 27.4 Å². The molecule has 0 bridgehead atoms. The van der Waals surface area contributed by atoms with Crippen LogP contribution in [-0.4, -0.2) is 29.4 Å². The summed E-state index contributed by atoms with van der Waals surface area (Å²) >= 11 is 0. The van der Waals surface area contributed by atoms with Crippen LogP contribution in [0.25, 0.3) is 16.7 Å². The number of benzene rings is 2. The van der Waals surface area contributed by atoms with E-state index in [1.165, 1.54) is 19.2 Å². The second kappa shape index (κ2) is 11.1. The van der Waals surface area contributed by atoms with E-state index in [4.69, 9.17) is 4.42 Å². The highest BCUT2D eigenvalue weighted by molar-refractivity contribution is 7.89. The minimum absolute atomic E-state index is 0.0286. The first-order chi connectivity index (χ1) is 19.1. The summed E-state index contributed by atoms with van der Waals surface area (Å²) in [6, 6.07) is 6.56. The zero-order chi connectivity index (χ0) is 30.3. The number of sulfonamides is 1. The molecule has 0 spiro atoms. The molecule has 1 N–H and O–H groups in total. The first-order valence-corrected chi connectivity index (χ1v) is 13.9. The van der Waals surface area contributed by atoms with Gasteiger partial charge in [0.05, 0.1) is 17.3 Å². The molecule has 0 unspecified atom stereocenters. The highest BCUT2D eigenvalue weighted by Gasteiger charge is 2.30. The number of carbonyl (C=O) groups is 1. The molecule has 4 rings (SSSR count). The third-order valence-electron chi connectivity index (χ3n) is 6.36. The molecule has 0 amide bonds. The Hall–Kier alpha value is -4.04. The molecule has 0 saturated heterocycles. The topological polar surface area (TPSA) is 120 Å². The van der Waals surface area contributed by atoms with E-state index in [1.807, 2.05) is 0 Å². The van der Waals surface area contributed by atoms with Crippen LogP contribution >= 0.6 is 0 Å². The number of carbonyl (C=O) groups excluding carboxylic acids is 1. The molecule has 41 heavy (non-hydrogen) atoms. The van der Waals surface area contributed by atoms with Crippen LogP contribution in [0.2, 0.25) is 0 Å². The van der Waals surface area contributed by atoms with E-state index >= 15 is 0 Å². The summed E-state index contributed by atoms with van der Waals surface area (Å²) in [5.41, 5.74) is -2.12. The van der Waals surface area contributed by atoms with Crippen molar-refractivity contribution in [3.63, 3.8) is 0 Å². The van der Waals surface area contributed by atoms with Crippen molar-refractivity contribution in [3.8, 4) is 5.69 Å². The van der Waals surface area contributed by atoms with Gasteiger partial charge in [0.2, 0.25) is 5.09 Å². The first-order valence-electron chi connectivity index (χ1n) is 12.4. The number of rotatable bonds is 9. The molecule has 2 aromatic heterocycles. The molecule has 218 valence electrons. The number of nitrogens with zero attached hydrogens (tertiary/aromatic N) is 2. The third kappa shape index (κ3) is 6.33. The largest absolute Gasteiger partial charge is 0.443 e. The molecule has 0 radical (unpaired) electrons. The number of furan rings is 1. The Morgan fingerprint density at radius 2 is 1.68 bits per heavy atom. The number of aromatic nitrogens is 2. The molecule has 0 aliphatic rings. The number of fused-ring (bicyclic) bond motifs is 1. The van der Waals surface area contributed by atoms with Gasteiger partial charge in [-0.1, -0.05) is 0 Å². The number of Topliss-reactive ketones (excluding diaryl/α,β-unsaturated/α-hetero) is 1. The molecule has 2 aromatic carbocycles. The van der Waals surface area contributed by atoms with Crippen molar-refractivity contribution in [1.29, 1.82) is 0 Å². The molecule has 14 heteroatoms. The molecule has 2 heterocycles. The fourth-order valence-electron chi connectivity index (χ4n) is 4.20. The third-order valence-corrected chi connectivity index (χ3v) is 7.75. The first kappa shape index (κ1) is 29.9. The van der Waals surface area contributed by atoms with Crippen molar-refractivity contribution in [2.24, 2.45) is 0 Å².